The Hall–Kier alpha value is -2.06. The zero-order valence-corrected chi connectivity index (χ0v) is 13.6. The molecule has 0 bridgehead atoms. The molecule has 1 aliphatic rings. The van der Waals surface area contributed by atoms with E-state index in [1.807, 2.05) is 0 Å². The summed E-state index contributed by atoms with van der Waals surface area (Å²) in [5.41, 5.74) is 0.780. The van der Waals surface area contributed by atoms with Crippen molar-refractivity contribution in [2.45, 2.75) is 50.9 Å². The van der Waals surface area contributed by atoms with Gasteiger partial charge in [0.05, 0.1) is 0 Å². The number of aromatic nitrogens is 2. The maximum Gasteiger partial charge on any atom is 0.408 e. The number of nitrogens with zero attached hydrogens (tertiary/aromatic N) is 3. The van der Waals surface area contributed by atoms with E-state index in [9.17, 15) is 22.8 Å². The largest absolute Gasteiger partial charge is 0.408 e. The van der Waals surface area contributed by atoms with Crippen molar-refractivity contribution >= 4 is 11.8 Å². The predicted octanol–water partition coefficient (Wildman–Crippen LogP) is 1.41. The fourth-order valence-corrected chi connectivity index (χ4v) is 3.02. The maximum atomic E-state index is 13.2. The highest BCUT2D eigenvalue weighted by Gasteiger charge is 2.47. The fourth-order valence-electron chi connectivity index (χ4n) is 3.02. The standard InChI is InChI=1S/C15H21F3N4O2/c1-10(23)20-11-3-5-13(15(16,17)18)22(9-11)14(24)6-4-12-7-8-19-21(12)2/h7-8,11,13H,3-6,9H2,1-2H3,(H,20,23)/t11-,13+/m0/s1. The van der Waals surface area contributed by atoms with Crippen molar-refractivity contribution in [3.8, 4) is 0 Å². The molecular formula is C15H21F3N4O2. The van der Waals surface area contributed by atoms with Crippen molar-refractivity contribution < 1.29 is 22.8 Å². The Morgan fingerprint density at radius 2 is 2.08 bits per heavy atom. The number of carbonyl (C=O) groups is 2. The molecule has 1 aromatic rings. The molecule has 0 spiro atoms. The van der Waals surface area contributed by atoms with Gasteiger partial charge in [-0.25, -0.2) is 0 Å². The Morgan fingerprint density at radius 1 is 1.38 bits per heavy atom. The van der Waals surface area contributed by atoms with Crippen LogP contribution >= 0.6 is 0 Å². The minimum atomic E-state index is -4.47. The quantitative estimate of drug-likeness (QED) is 0.896. The first-order chi connectivity index (χ1) is 11.2. The van der Waals surface area contributed by atoms with Gasteiger partial charge in [0.15, 0.2) is 0 Å². The molecule has 2 atom stereocenters. The van der Waals surface area contributed by atoms with Crippen molar-refractivity contribution in [2.24, 2.45) is 7.05 Å². The third-order valence-electron chi connectivity index (χ3n) is 4.20. The smallest absolute Gasteiger partial charge is 0.352 e. The van der Waals surface area contributed by atoms with Crippen molar-refractivity contribution in [1.29, 1.82) is 0 Å². The molecular weight excluding hydrogens is 325 g/mol. The number of carbonyl (C=O) groups excluding carboxylic acids is 2. The summed E-state index contributed by atoms with van der Waals surface area (Å²) in [7, 11) is 1.71. The molecule has 9 heteroatoms. The molecule has 1 aromatic heterocycles. The monoisotopic (exact) mass is 346 g/mol. The second-order valence-corrected chi connectivity index (χ2v) is 6.02. The molecule has 24 heavy (non-hydrogen) atoms. The topological polar surface area (TPSA) is 67.2 Å². The van der Waals surface area contributed by atoms with E-state index >= 15 is 0 Å². The predicted molar refractivity (Wildman–Crippen MR) is 79.9 cm³/mol. The highest BCUT2D eigenvalue weighted by molar-refractivity contribution is 5.77. The molecule has 0 aliphatic carbocycles. The third kappa shape index (κ3) is 4.48. The van der Waals surface area contributed by atoms with Crippen molar-refractivity contribution in [3.63, 3.8) is 0 Å². The molecule has 2 rings (SSSR count). The molecule has 134 valence electrons. The average molecular weight is 346 g/mol. The van der Waals surface area contributed by atoms with E-state index in [1.54, 1.807) is 24.0 Å². The van der Waals surface area contributed by atoms with Gasteiger partial charge < -0.3 is 10.2 Å². The Balaban J connectivity index is 2.06. The van der Waals surface area contributed by atoms with Gasteiger partial charge in [-0.05, 0) is 25.3 Å². The normalized spacial score (nSPS) is 21.6. The number of hydrogen-bond donors (Lipinski definition) is 1. The van der Waals surface area contributed by atoms with Crippen LogP contribution in [0.5, 0.6) is 0 Å². The summed E-state index contributed by atoms with van der Waals surface area (Å²) in [6.07, 6.45) is -2.60. The molecule has 2 heterocycles. The van der Waals surface area contributed by atoms with E-state index in [2.05, 4.69) is 10.4 Å². The number of rotatable bonds is 4. The number of alkyl halides is 3. The van der Waals surface area contributed by atoms with Gasteiger partial charge in [-0.1, -0.05) is 0 Å². The van der Waals surface area contributed by atoms with Crippen LogP contribution in [-0.4, -0.2) is 51.3 Å². The van der Waals surface area contributed by atoms with Crippen LogP contribution in [0.2, 0.25) is 0 Å². The molecule has 2 amide bonds. The van der Waals surface area contributed by atoms with Crippen molar-refractivity contribution in [2.75, 3.05) is 6.54 Å². The van der Waals surface area contributed by atoms with E-state index in [-0.39, 0.29) is 31.7 Å². The second kappa shape index (κ2) is 7.23. The van der Waals surface area contributed by atoms with E-state index in [0.717, 1.165) is 10.6 Å². The van der Waals surface area contributed by atoms with Gasteiger partial charge in [0.2, 0.25) is 11.8 Å². The van der Waals surface area contributed by atoms with Gasteiger partial charge in [0.1, 0.15) is 6.04 Å². The van der Waals surface area contributed by atoms with E-state index in [0.29, 0.717) is 6.42 Å². The van der Waals surface area contributed by atoms with Crippen LogP contribution in [0.3, 0.4) is 0 Å². The minimum Gasteiger partial charge on any atom is -0.352 e. The van der Waals surface area contributed by atoms with Crippen molar-refractivity contribution in [1.82, 2.24) is 20.0 Å². The molecule has 0 saturated carbocycles. The summed E-state index contributed by atoms with van der Waals surface area (Å²) in [6, 6.07) is -0.506. The molecule has 0 radical (unpaired) electrons. The van der Waals surface area contributed by atoms with Crippen LogP contribution in [0.25, 0.3) is 0 Å². The summed E-state index contributed by atoms with van der Waals surface area (Å²) < 4.78 is 41.3. The lowest BCUT2D eigenvalue weighted by Gasteiger charge is -2.40. The fraction of sp³-hybridized carbons (Fsp3) is 0.667. The van der Waals surface area contributed by atoms with Crippen LogP contribution in [0.15, 0.2) is 12.3 Å². The van der Waals surface area contributed by atoms with Crippen LogP contribution in [0, 0.1) is 0 Å². The van der Waals surface area contributed by atoms with Crippen molar-refractivity contribution in [3.05, 3.63) is 18.0 Å². The first-order valence-corrected chi connectivity index (χ1v) is 7.78. The van der Waals surface area contributed by atoms with Gasteiger partial charge in [-0.2, -0.15) is 18.3 Å². The van der Waals surface area contributed by atoms with Crippen LogP contribution < -0.4 is 5.32 Å². The molecule has 1 N–H and O–H groups in total. The van der Waals surface area contributed by atoms with Gasteiger partial charge >= 0.3 is 6.18 Å². The van der Waals surface area contributed by atoms with Gasteiger partial charge in [0, 0.05) is 44.9 Å². The van der Waals surface area contributed by atoms with Crippen LogP contribution in [0.4, 0.5) is 13.2 Å². The number of likely N-dealkylation sites (tertiary alicyclic amines) is 1. The second-order valence-electron chi connectivity index (χ2n) is 6.02. The highest BCUT2D eigenvalue weighted by Crippen LogP contribution is 2.32. The third-order valence-corrected chi connectivity index (χ3v) is 4.20. The summed E-state index contributed by atoms with van der Waals surface area (Å²) in [4.78, 5) is 24.4. The Morgan fingerprint density at radius 3 is 2.62 bits per heavy atom. The summed E-state index contributed by atoms with van der Waals surface area (Å²) in [6.45, 7) is 1.19. The van der Waals surface area contributed by atoms with Crippen LogP contribution in [0.1, 0.15) is 31.9 Å². The van der Waals surface area contributed by atoms with E-state index in [1.165, 1.54) is 6.92 Å². The van der Waals surface area contributed by atoms with E-state index in [4.69, 9.17) is 0 Å². The number of aryl methyl sites for hydroxylation is 2. The maximum absolute atomic E-state index is 13.2. The minimum absolute atomic E-state index is 0.0289. The SMILES string of the molecule is CC(=O)N[C@H]1CC[C@H](C(F)(F)F)N(C(=O)CCc2ccnn2C)C1. The number of nitrogens with one attached hydrogen (secondary N) is 1. The average Bonchev–Trinajstić information content (AvgIpc) is 2.88. The summed E-state index contributed by atoms with van der Waals surface area (Å²) in [5, 5.41) is 6.57. The van der Waals surface area contributed by atoms with Crippen LogP contribution in [-0.2, 0) is 23.1 Å². The molecule has 1 fully saturated rings. The zero-order chi connectivity index (χ0) is 17.9. The Labute approximate surface area is 138 Å². The summed E-state index contributed by atoms with van der Waals surface area (Å²) >= 11 is 0. The summed E-state index contributed by atoms with van der Waals surface area (Å²) in [5.74, 6) is -0.874. The van der Waals surface area contributed by atoms with Gasteiger partial charge in [0.25, 0.3) is 0 Å². The molecule has 0 unspecified atom stereocenters. The number of piperidine rings is 1. The molecule has 0 aromatic carbocycles. The first-order valence-electron chi connectivity index (χ1n) is 7.78. The molecule has 6 nitrogen and oxygen atoms in total. The Bertz CT molecular complexity index is 600. The zero-order valence-electron chi connectivity index (χ0n) is 13.6. The number of halogens is 3. The highest BCUT2D eigenvalue weighted by atomic mass is 19.4. The van der Waals surface area contributed by atoms with Gasteiger partial charge in [-0.3, -0.25) is 14.3 Å². The number of hydrogen-bond acceptors (Lipinski definition) is 3. The lowest BCUT2D eigenvalue weighted by atomic mass is 9.96. The van der Waals surface area contributed by atoms with E-state index < -0.39 is 24.2 Å². The Kier molecular flexibility index (Phi) is 5.51. The lowest BCUT2D eigenvalue weighted by Crippen LogP contribution is -2.58. The molecule has 1 aliphatic heterocycles. The number of amides is 2. The lowest BCUT2D eigenvalue weighted by molar-refractivity contribution is -0.197. The van der Waals surface area contributed by atoms with Gasteiger partial charge in [-0.15, -0.1) is 0 Å². The first kappa shape index (κ1) is 18.3. The molecule has 1 saturated heterocycles.